The number of nitrogens with zero attached hydrogens (tertiary/aromatic N) is 2. The molecule has 0 radical (unpaired) electrons. The Bertz CT molecular complexity index is 1750. The third-order valence-corrected chi connectivity index (χ3v) is 9.49. The number of allylic oxidation sites excluding steroid dienone is 2. The van der Waals surface area contributed by atoms with Crippen molar-refractivity contribution in [2.75, 3.05) is 11.4 Å². The molecular formula is C35H33IN2S2. The van der Waals surface area contributed by atoms with E-state index in [9.17, 15) is 0 Å². The highest BCUT2D eigenvalue weighted by Gasteiger charge is 2.25. The maximum Gasteiger partial charge on any atom is 0.263 e. The number of thioether (sulfide) groups is 1. The Morgan fingerprint density at radius 3 is 2.40 bits per heavy atom. The van der Waals surface area contributed by atoms with E-state index in [0.717, 1.165) is 19.5 Å². The molecule has 1 aliphatic heterocycles. The number of thiazole rings is 1. The van der Waals surface area contributed by atoms with Crippen LogP contribution in [0.5, 0.6) is 0 Å². The number of hydrogen-bond acceptors (Lipinski definition) is 3. The van der Waals surface area contributed by atoms with Crippen LogP contribution < -0.4 is 33.4 Å². The Kier molecular flexibility index (Phi) is 9.13. The van der Waals surface area contributed by atoms with Gasteiger partial charge in [0.25, 0.3) is 5.01 Å². The lowest BCUT2D eigenvalue weighted by molar-refractivity contribution is -0.664. The minimum absolute atomic E-state index is 0. The van der Waals surface area contributed by atoms with Gasteiger partial charge in [0, 0.05) is 17.5 Å². The van der Waals surface area contributed by atoms with E-state index in [1.54, 1.807) is 0 Å². The van der Waals surface area contributed by atoms with Gasteiger partial charge in [-0.25, -0.2) is 0 Å². The lowest BCUT2D eigenvalue weighted by Crippen LogP contribution is -3.00. The molecule has 0 saturated heterocycles. The van der Waals surface area contributed by atoms with Gasteiger partial charge in [0.1, 0.15) is 11.2 Å². The summed E-state index contributed by atoms with van der Waals surface area (Å²) in [6, 6.07) is 30.6. The number of aryl methyl sites for hydroxylation is 1. The van der Waals surface area contributed by atoms with Crippen LogP contribution in [0.15, 0.2) is 107 Å². The molecule has 0 unspecified atom stereocenters. The Morgan fingerprint density at radius 2 is 1.62 bits per heavy atom. The van der Waals surface area contributed by atoms with Gasteiger partial charge in [-0.1, -0.05) is 103 Å². The summed E-state index contributed by atoms with van der Waals surface area (Å²) < 4.78 is 3.83. The van der Waals surface area contributed by atoms with Crippen LogP contribution in [-0.2, 0) is 6.54 Å². The van der Waals surface area contributed by atoms with Crippen molar-refractivity contribution < 1.29 is 28.5 Å². The predicted octanol–water partition coefficient (Wildman–Crippen LogP) is 6.80. The molecule has 6 rings (SSSR count). The van der Waals surface area contributed by atoms with E-state index < -0.39 is 0 Å². The summed E-state index contributed by atoms with van der Waals surface area (Å²) in [7, 11) is 0. The molecule has 4 aromatic carbocycles. The quantitative estimate of drug-likeness (QED) is 0.107. The van der Waals surface area contributed by atoms with Crippen LogP contribution in [-0.4, -0.2) is 6.54 Å². The summed E-state index contributed by atoms with van der Waals surface area (Å²) in [6.07, 6.45) is 10.2. The van der Waals surface area contributed by atoms with Crippen molar-refractivity contribution >= 4 is 68.0 Å². The predicted molar refractivity (Wildman–Crippen MR) is 172 cm³/mol. The second-order valence-electron chi connectivity index (χ2n) is 9.69. The van der Waals surface area contributed by atoms with Gasteiger partial charge in [-0.3, -0.25) is 0 Å². The van der Waals surface area contributed by atoms with Crippen LogP contribution in [0.4, 0.5) is 5.69 Å². The molecule has 202 valence electrons. The van der Waals surface area contributed by atoms with Crippen molar-refractivity contribution in [3.8, 4) is 0 Å². The lowest BCUT2D eigenvalue weighted by Gasteiger charge is -2.18. The van der Waals surface area contributed by atoms with Crippen LogP contribution >= 0.6 is 23.1 Å². The molecule has 0 N–H and O–H groups in total. The van der Waals surface area contributed by atoms with Crippen molar-refractivity contribution in [1.29, 1.82) is 0 Å². The average Bonchev–Trinajstić information content (AvgIpc) is 3.52. The lowest BCUT2D eigenvalue weighted by atomic mass is 10.1. The van der Waals surface area contributed by atoms with Gasteiger partial charge >= 0.3 is 0 Å². The van der Waals surface area contributed by atoms with Crippen LogP contribution in [0.3, 0.4) is 0 Å². The smallest absolute Gasteiger partial charge is 0.263 e. The maximum absolute atomic E-state index is 2.48. The minimum Gasteiger partial charge on any atom is -1.00 e. The molecule has 2 heterocycles. The third kappa shape index (κ3) is 5.65. The Balaban J connectivity index is 0.00000323. The van der Waals surface area contributed by atoms with E-state index in [1.807, 2.05) is 23.1 Å². The first-order valence-electron chi connectivity index (χ1n) is 13.8. The molecule has 5 heteroatoms. The van der Waals surface area contributed by atoms with Gasteiger partial charge in [-0.05, 0) is 72.7 Å². The van der Waals surface area contributed by atoms with Crippen LogP contribution in [0.2, 0.25) is 0 Å². The molecule has 40 heavy (non-hydrogen) atoms. The second-order valence-corrected chi connectivity index (χ2v) is 11.8. The Labute approximate surface area is 262 Å². The number of hydrogen-bond donors (Lipinski definition) is 0. The normalized spacial score (nSPS) is 14.4. The molecule has 0 amide bonds. The number of aromatic nitrogens is 1. The summed E-state index contributed by atoms with van der Waals surface area (Å²) in [4.78, 5) is 3.77. The molecule has 0 atom stereocenters. The number of benzene rings is 4. The topological polar surface area (TPSA) is 7.12 Å². The van der Waals surface area contributed by atoms with Crippen LogP contribution in [0.25, 0.3) is 39.2 Å². The van der Waals surface area contributed by atoms with Crippen molar-refractivity contribution in [1.82, 2.24) is 0 Å². The second kappa shape index (κ2) is 12.8. The first-order chi connectivity index (χ1) is 19.2. The van der Waals surface area contributed by atoms with Gasteiger partial charge in [0.2, 0.25) is 5.52 Å². The summed E-state index contributed by atoms with van der Waals surface area (Å²) in [5.41, 5.74) is 6.46. The summed E-state index contributed by atoms with van der Waals surface area (Å²) in [5.74, 6) is 0. The highest BCUT2D eigenvalue weighted by Crippen LogP contribution is 2.47. The van der Waals surface area contributed by atoms with Gasteiger partial charge in [-0.2, -0.15) is 4.57 Å². The zero-order valence-corrected chi connectivity index (χ0v) is 26.9. The molecule has 1 aliphatic rings. The van der Waals surface area contributed by atoms with E-state index >= 15 is 0 Å². The van der Waals surface area contributed by atoms with Crippen molar-refractivity contribution in [3.63, 3.8) is 0 Å². The van der Waals surface area contributed by atoms with Gasteiger partial charge in [-0.15, -0.1) is 0 Å². The Morgan fingerprint density at radius 1 is 0.850 bits per heavy atom. The summed E-state index contributed by atoms with van der Waals surface area (Å²) in [5, 5.41) is 5.25. The molecular weight excluding hydrogens is 639 g/mol. The monoisotopic (exact) mass is 672 g/mol. The molecule has 0 aliphatic carbocycles. The molecule has 0 bridgehead atoms. The highest BCUT2D eigenvalue weighted by atomic mass is 127. The SMILES string of the molecule is CCC(=C\c1sc2ccc3ccccc3c2[n+]1CC)/C=C1/Sc2cc(/C=C/c3ccccc3)ccc2N1CC.[I-]. The standard InChI is InChI=1S/C35H33N2S2.HI/c1-4-25(24-34-37(6-3)35-29-15-11-10-14-28(29)19-21-31(35)38-34)23-33-36(5-2)30-20-18-27(22-32(30)39-33)17-16-26-12-8-7-9-13-26;/h7-24H,4-6H2,1-3H3;1H/q+1;/p-1/b17-16+;. The van der Waals surface area contributed by atoms with E-state index in [-0.39, 0.29) is 24.0 Å². The average molecular weight is 673 g/mol. The largest absolute Gasteiger partial charge is 1.00 e. The van der Waals surface area contributed by atoms with Crippen LogP contribution in [0.1, 0.15) is 43.3 Å². The summed E-state index contributed by atoms with van der Waals surface area (Å²) >= 11 is 3.78. The van der Waals surface area contributed by atoms with E-state index in [0.29, 0.717) is 0 Å². The van der Waals surface area contributed by atoms with Crippen LogP contribution in [0, 0.1) is 0 Å². The number of halogens is 1. The fourth-order valence-corrected chi connectivity index (χ4v) is 7.74. The van der Waals surface area contributed by atoms with Crippen molar-refractivity contribution in [3.05, 3.63) is 118 Å². The first kappa shape index (κ1) is 28.7. The molecule has 2 nitrogen and oxygen atoms in total. The van der Waals surface area contributed by atoms with E-state index in [2.05, 4.69) is 139 Å². The molecule has 1 aromatic heterocycles. The van der Waals surface area contributed by atoms with Gasteiger partial charge < -0.3 is 28.9 Å². The molecule has 0 spiro atoms. The number of anilines is 1. The highest BCUT2D eigenvalue weighted by molar-refractivity contribution is 8.03. The van der Waals surface area contributed by atoms with Crippen molar-refractivity contribution in [2.24, 2.45) is 0 Å². The fraction of sp³-hybridized carbons (Fsp3) is 0.171. The maximum atomic E-state index is 2.48. The molecule has 5 aromatic rings. The Hall–Kier alpha value is -2.87. The summed E-state index contributed by atoms with van der Waals surface area (Å²) in [6.45, 7) is 8.66. The van der Waals surface area contributed by atoms with Crippen molar-refractivity contribution in [2.45, 2.75) is 38.6 Å². The minimum atomic E-state index is 0. The zero-order valence-electron chi connectivity index (χ0n) is 23.1. The zero-order chi connectivity index (χ0) is 26.8. The van der Waals surface area contributed by atoms with E-state index in [1.165, 1.54) is 58.3 Å². The van der Waals surface area contributed by atoms with Gasteiger partial charge in [0.05, 0.1) is 16.1 Å². The first-order valence-corrected chi connectivity index (χ1v) is 15.4. The molecule has 0 saturated carbocycles. The number of fused-ring (bicyclic) bond motifs is 4. The number of rotatable bonds is 7. The van der Waals surface area contributed by atoms with Gasteiger partial charge in [0.15, 0.2) is 0 Å². The molecule has 0 fully saturated rings. The van der Waals surface area contributed by atoms with E-state index in [4.69, 9.17) is 0 Å². The third-order valence-electron chi connectivity index (χ3n) is 7.30. The fourth-order valence-electron chi connectivity index (χ4n) is 5.27.